The third kappa shape index (κ3) is 2.42. The molecule has 2 saturated carbocycles. The maximum absolute atomic E-state index is 11.2. The fourth-order valence-corrected chi connectivity index (χ4v) is 6.84. The molecule has 2 saturated heterocycles. The fraction of sp³-hybridized carbons (Fsp3) is 0.739. The Labute approximate surface area is 162 Å². The van der Waals surface area contributed by atoms with Crippen LogP contribution in [-0.2, 0) is 4.74 Å². The minimum absolute atomic E-state index is 0.0374. The number of nitrogens with zero attached hydrogens (tertiary/aromatic N) is 1. The number of ether oxygens (including phenoxy) is 2. The van der Waals surface area contributed by atoms with Gasteiger partial charge in [0, 0.05) is 25.1 Å². The number of hydrogen-bond donors (Lipinski definition) is 1. The van der Waals surface area contributed by atoms with Crippen LogP contribution in [0.3, 0.4) is 0 Å². The molecule has 4 nitrogen and oxygen atoms in total. The average molecular weight is 372 g/mol. The van der Waals surface area contributed by atoms with Gasteiger partial charge in [0.15, 0.2) is 0 Å². The number of aliphatic hydroxyl groups excluding tert-OH is 1. The van der Waals surface area contributed by atoms with Crippen LogP contribution in [0.4, 0.5) is 5.69 Å². The van der Waals surface area contributed by atoms with E-state index in [1.165, 1.54) is 30.5 Å². The maximum Gasteiger partial charge on any atom is 0.142 e. The molecule has 1 N–H and O–H groups in total. The molecule has 2 aliphatic carbocycles. The number of rotatable bonds is 3. The summed E-state index contributed by atoms with van der Waals surface area (Å²) >= 11 is 0. The highest BCUT2D eigenvalue weighted by Crippen LogP contribution is 2.70. The highest BCUT2D eigenvalue weighted by Gasteiger charge is 2.68. The zero-order valence-electron chi connectivity index (χ0n) is 16.9. The SMILES string of the molecule is COc1cc([C@H]2OCC[C@@]34C[C@@H](C[C@H]23)C(C)(C)[C@H]4O)ccc1N1CCCC1. The zero-order chi connectivity index (χ0) is 18.8. The molecule has 0 unspecified atom stereocenters. The lowest BCUT2D eigenvalue weighted by Gasteiger charge is -2.51. The van der Waals surface area contributed by atoms with Crippen molar-refractivity contribution >= 4 is 5.69 Å². The van der Waals surface area contributed by atoms with Crippen molar-refractivity contribution in [2.75, 3.05) is 31.7 Å². The van der Waals surface area contributed by atoms with E-state index >= 15 is 0 Å². The van der Waals surface area contributed by atoms with Crippen LogP contribution in [0.25, 0.3) is 0 Å². The molecule has 0 radical (unpaired) electrons. The van der Waals surface area contributed by atoms with Gasteiger partial charge in [0.05, 0.1) is 25.0 Å². The summed E-state index contributed by atoms with van der Waals surface area (Å²) in [5.41, 5.74) is 2.50. The molecule has 4 aliphatic rings. The minimum atomic E-state index is -0.217. The normalized spacial score (nSPS) is 39.6. The largest absolute Gasteiger partial charge is 0.495 e. The van der Waals surface area contributed by atoms with E-state index in [1.807, 2.05) is 0 Å². The number of methoxy groups -OCH3 is 1. The first-order valence-corrected chi connectivity index (χ1v) is 10.7. The van der Waals surface area contributed by atoms with E-state index in [0.717, 1.165) is 38.3 Å². The van der Waals surface area contributed by atoms with E-state index in [2.05, 4.69) is 36.9 Å². The zero-order valence-corrected chi connectivity index (χ0v) is 16.9. The number of hydrogen-bond acceptors (Lipinski definition) is 4. The molecule has 1 aromatic carbocycles. The molecule has 148 valence electrons. The summed E-state index contributed by atoms with van der Waals surface area (Å²) in [4.78, 5) is 2.43. The Bertz CT molecular complexity index is 726. The molecular weight excluding hydrogens is 338 g/mol. The fourth-order valence-electron chi connectivity index (χ4n) is 6.84. The summed E-state index contributed by atoms with van der Waals surface area (Å²) in [6, 6.07) is 6.65. The molecule has 27 heavy (non-hydrogen) atoms. The van der Waals surface area contributed by atoms with Gasteiger partial charge in [-0.25, -0.2) is 0 Å². The summed E-state index contributed by atoms with van der Waals surface area (Å²) < 4.78 is 12.1. The van der Waals surface area contributed by atoms with Gasteiger partial charge in [0.2, 0.25) is 0 Å². The number of aliphatic hydroxyl groups is 1. The number of anilines is 1. The van der Waals surface area contributed by atoms with Crippen LogP contribution in [0.5, 0.6) is 5.75 Å². The Hall–Kier alpha value is -1.26. The van der Waals surface area contributed by atoms with Gasteiger partial charge in [0.1, 0.15) is 5.75 Å². The number of fused-ring (bicyclic) bond motifs is 1. The molecule has 1 spiro atoms. The van der Waals surface area contributed by atoms with Crippen LogP contribution >= 0.6 is 0 Å². The summed E-state index contributed by atoms with van der Waals surface area (Å²) in [6.07, 6.45) is 5.71. The van der Waals surface area contributed by atoms with Crippen LogP contribution in [-0.4, -0.2) is 38.0 Å². The van der Waals surface area contributed by atoms with Gasteiger partial charge in [-0.2, -0.15) is 0 Å². The first kappa shape index (κ1) is 17.8. The van der Waals surface area contributed by atoms with Gasteiger partial charge >= 0.3 is 0 Å². The minimum Gasteiger partial charge on any atom is -0.495 e. The Morgan fingerprint density at radius 1 is 1.22 bits per heavy atom. The van der Waals surface area contributed by atoms with E-state index in [9.17, 15) is 5.11 Å². The molecule has 0 amide bonds. The van der Waals surface area contributed by atoms with Crippen molar-refractivity contribution in [3.05, 3.63) is 23.8 Å². The van der Waals surface area contributed by atoms with Crippen LogP contribution < -0.4 is 9.64 Å². The highest BCUT2D eigenvalue weighted by atomic mass is 16.5. The highest BCUT2D eigenvalue weighted by molar-refractivity contribution is 5.60. The number of benzene rings is 1. The van der Waals surface area contributed by atoms with Gasteiger partial charge < -0.3 is 19.5 Å². The molecule has 4 fully saturated rings. The first-order valence-electron chi connectivity index (χ1n) is 10.7. The van der Waals surface area contributed by atoms with Crippen molar-refractivity contribution in [2.45, 2.75) is 58.2 Å². The second-order valence-electron chi connectivity index (χ2n) is 9.87. The molecule has 4 heteroatoms. The maximum atomic E-state index is 11.2. The van der Waals surface area contributed by atoms with Crippen LogP contribution in [0, 0.1) is 22.7 Å². The van der Waals surface area contributed by atoms with E-state index in [4.69, 9.17) is 9.47 Å². The van der Waals surface area contributed by atoms with Gasteiger partial charge in [-0.1, -0.05) is 19.9 Å². The Kier molecular flexibility index (Phi) is 4.04. The lowest BCUT2D eigenvalue weighted by atomic mass is 9.60. The second kappa shape index (κ2) is 6.12. The van der Waals surface area contributed by atoms with Crippen molar-refractivity contribution < 1.29 is 14.6 Å². The average Bonchev–Trinajstić information content (AvgIpc) is 3.37. The third-order valence-corrected chi connectivity index (χ3v) is 8.41. The molecule has 2 bridgehead atoms. The summed E-state index contributed by atoms with van der Waals surface area (Å²) in [7, 11) is 1.77. The van der Waals surface area contributed by atoms with Gasteiger partial charge in [0.25, 0.3) is 0 Å². The topological polar surface area (TPSA) is 41.9 Å². The van der Waals surface area contributed by atoms with Crippen LogP contribution in [0.15, 0.2) is 18.2 Å². The van der Waals surface area contributed by atoms with Crippen molar-refractivity contribution in [1.82, 2.24) is 0 Å². The van der Waals surface area contributed by atoms with E-state index in [1.54, 1.807) is 7.11 Å². The molecule has 5 rings (SSSR count). The predicted molar refractivity (Wildman–Crippen MR) is 106 cm³/mol. The summed E-state index contributed by atoms with van der Waals surface area (Å²) in [5, 5.41) is 11.2. The monoisotopic (exact) mass is 371 g/mol. The smallest absolute Gasteiger partial charge is 0.142 e. The Morgan fingerprint density at radius 2 is 2.00 bits per heavy atom. The lowest BCUT2D eigenvalue weighted by Crippen LogP contribution is -2.51. The first-order chi connectivity index (χ1) is 13.0. The van der Waals surface area contributed by atoms with E-state index in [0.29, 0.717) is 11.8 Å². The molecule has 0 aromatic heterocycles. The van der Waals surface area contributed by atoms with Crippen LogP contribution in [0.1, 0.15) is 57.6 Å². The second-order valence-corrected chi connectivity index (χ2v) is 9.87. The van der Waals surface area contributed by atoms with E-state index < -0.39 is 0 Å². The third-order valence-electron chi connectivity index (χ3n) is 8.41. The molecular formula is C23H33NO3. The van der Waals surface area contributed by atoms with Crippen molar-refractivity contribution in [2.24, 2.45) is 22.7 Å². The standard InChI is InChI=1S/C23H33NO3/c1-22(2)16-13-17-20(27-11-8-23(17,14-16)21(22)25)15-6-7-18(19(12-15)26-3)24-9-4-5-10-24/h6-7,12,16-17,20-21,25H,4-5,8-11,13-14H2,1-3H3/t16-,17-,20-,21-,23-/m1/s1. The van der Waals surface area contributed by atoms with Gasteiger partial charge in [-0.05, 0) is 67.1 Å². The van der Waals surface area contributed by atoms with E-state index in [-0.39, 0.29) is 23.0 Å². The molecule has 2 aliphatic heterocycles. The summed E-state index contributed by atoms with van der Waals surface area (Å²) in [6.45, 7) is 7.49. The van der Waals surface area contributed by atoms with Crippen LogP contribution in [0.2, 0.25) is 0 Å². The molecule has 1 aromatic rings. The van der Waals surface area contributed by atoms with Gasteiger partial charge in [-0.15, -0.1) is 0 Å². The summed E-state index contributed by atoms with van der Waals surface area (Å²) in [5.74, 6) is 1.98. The Balaban J connectivity index is 1.47. The molecule has 2 heterocycles. The Morgan fingerprint density at radius 3 is 2.70 bits per heavy atom. The predicted octanol–water partition coefficient (Wildman–Crippen LogP) is 4.17. The van der Waals surface area contributed by atoms with Crippen molar-refractivity contribution in [3.63, 3.8) is 0 Å². The van der Waals surface area contributed by atoms with Crippen molar-refractivity contribution in [3.8, 4) is 5.75 Å². The quantitative estimate of drug-likeness (QED) is 0.866. The lowest BCUT2D eigenvalue weighted by molar-refractivity contribution is -0.164. The van der Waals surface area contributed by atoms with Gasteiger partial charge in [-0.3, -0.25) is 0 Å². The molecule has 5 atom stereocenters. The van der Waals surface area contributed by atoms with Crippen molar-refractivity contribution in [1.29, 1.82) is 0 Å².